The molecule has 6 heteroatoms. The van der Waals surface area contributed by atoms with E-state index in [1.807, 2.05) is 12.1 Å². The standard InChI is InChI=1S/C7H5ClN2OS2/c8-6-2-1-5(13-6)4-3-12-7(11)10-9-4/h1-2H,3H2,(H,10,11). The highest BCUT2D eigenvalue weighted by atomic mass is 35.5. The van der Waals surface area contributed by atoms with Crippen molar-refractivity contribution in [1.29, 1.82) is 0 Å². The fourth-order valence-corrected chi connectivity index (χ4v) is 2.63. The Kier molecular flexibility index (Phi) is 2.57. The number of rotatable bonds is 1. The van der Waals surface area contributed by atoms with Gasteiger partial charge in [0.25, 0.3) is 5.24 Å². The van der Waals surface area contributed by atoms with Crippen molar-refractivity contribution in [1.82, 2.24) is 5.43 Å². The first-order valence-corrected chi connectivity index (χ1v) is 5.69. The van der Waals surface area contributed by atoms with Crippen LogP contribution in [0.3, 0.4) is 0 Å². The topological polar surface area (TPSA) is 41.5 Å². The normalized spacial score (nSPS) is 16.7. The van der Waals surface area contributed by atoms with Crippen LogP contribution in [-0.2, 0) is 0 Å². The van der Waals surface area contributed by atoms with Crippen LogP contribution in [0.15, 0.2) is 17.2 Å². The molecular weight excluding hydrogens is 228 g/mol. The van der Waals surface area contributed by atoms with E-state index in [-0.39, 0.29) is 5.24 Å². The van der Waals surface area contributed by atoms with Gasteiger partial charge in [-0.15, -0.1) is 11.3 Å². The molecule has 0 aromatic carbocycles. The van der Waals surface area contributed by atoms with Crippen LogP contribution < -0.4 is 5.43 Å². The highest BCUT2D eigenvalue weighted by molar-refractivity contribution is 8.14. The molecule has 13 heavy (non-hydrogen) atoms. The third-order valence-electron chi connectivity index (χ3n) is 1.48. The summed E-state index contributed by atoms with van der Waals surface area (Å²) in [6, 6.07) is 3.73. The second-order valence-electron chi connectivity index (χ2n) is 2.35. The Morgan fingerprint density at radius 1 is 1.54 bits per heavy atom. The Morgan fingerprint density at radius 2 is 2.38 bits per heavy atom. The third kappa shape index (κ3) is 2.04. The molecule has 0 unspecified atom stereocenters. The van der Waals surface area contributed by atoms with Gasteiger partial charge in [0.05, 0.1) is 14.9 Å². The van der Waals surface area contributed by atoms with Gasteiger partial charge in [0.15, 0.2) is 0 Å². The van der Waals surface area contributed by atoms with Crippen molar-refractivity contribution in [3.63, 3.8) is 0 Å². The number of carbonyl (C=O) groups is 1. The molecule has 1 amide bonds. The molecule has 1 aliphatic heterocycles. The van der Waals surface area contributed by atoms with Gasteiger partial charge in [-0.2, -0.15) is 5.10 Å². The Bertz CT molecular complexity index is 374. The maximum Gasteiger partial charge on any atom is 0.299 e. The van der Waals surface area contributed by atoms with E-state index in [0.29, 0.717) is 5.75 Å². The lowest BCUT2D eigenvalue weighted by atomic mass is 10.3. The number of thiophene rings is 1. The van der Waals surface area contributed by atoms with E-state index in [9.17, 15) is 4.79 Å². The van der Waals surface area contributed by atoms with Crippen LogP contribution in [0, 0.1) is 0 Å². The van der Waals surface area contributed by atoms with E-state index in [0.717, 1.165) is 14.9 Å². The summed E-state index contributed by atoms with van der Waals surface area (Å²) in [7, 11) is 0. The summed E-state index contributed by atoms with van der Waals surface area (Å²) < 4.78 is 0.736. The van der Waals surface area contributed by atoms with Crippen LogP contribution in [0.2, 0.25) is 4.34 Å². The summed E-state index contributed by atoms with van der Waals surface area (Å²) in [5.74, 6) is 0.614. The average Bonchev–Trinajstić information content (AvgIpc) is 2.53. The number of hydrogen-bond donors (Lipinski definition) is 1. The van der Waals surface area contributed by atoms with Crippen molar-refractivity contribution in [2.45, 2.75) is 0 Å². The summed E-state index contributed by atoms with van der Waals surface area (Å²) in [5.41, 5.74) is 3.29. The first kappa shape index (κ1) is 9.05. The van der Waals surface area contributed by atoms with Crippen LogP contribution in [0.5, 0.6) is 0 Å². The van der Waals surface area contributed by atoms with Gasteiger partial charge in [-0.25, -0.2) is 5.43 Å². The number of nitrogens with one attached hydrogen (secondary N) is 1. The summed E-state index contributed by atoms with van der Waals surface area (Å²) in [4.78, 5) is 11.8. The Morgan fingerprint density at radius 3 is 2.92 bits per heavy atom. The molecule has 3 nitrogen and oxygen atoms in total. The molecule has 1 aromatic rings. The largest absolute Gasteiger partial charge is 0.299 e. The first-order valence-electron chi connectivity index (χ1n) is 3.51. The van der Waals surface area contributed by atoms with Gasteiger partial charge in [0.1, 0.15) is 0 Å². The zero-order valence-corrected chi connectivity index (χ0v) is 8.80. The van der Waals surface area contributed by atoms with Crippen molar-refractivity contribution in [2.75, 3.05) is 5.75 Å². The van der Waals surface area contributed by atoms with Crippen LogP contribution in [0.4, 0.5) is 4.79 Å². The molecule has 0 radical (unpaired) electrons. The average molecular weight is 233 g/mol. The molecule has 0 aliphatic carbocycles. The minimum atomic E-state index is -0.105. The highest BCUT2D eigenvalue weighted by Crippen LogP contribution is 2.24. The van der Waals surface area contributed by atoms with E-state index in [2.05, 4.69) is 10.5 Å². The third-order valence-corrected chi connectivity index (χ3v) is 3.53. The van der Waals surface area contributed by atoms with Gasteiger partial charge in [-0.3, -0.25) is 4.79 Å². The molecule has 2 heterocycles. The zero-order valence-electron chi connectivity index (χ0n) is 6.41. The second kappa shape index (κ2) is 3.69. The zero-order chi connectivity index (χ0) is 9.26. The van der Waals surface area contributed by atoms with Gasteiger partial charge < -0.3 is 0 Å². The summed E-state index contributed by atoms with van der Waals surface area (Å²) in [6.45, 7) is 0. The maximum absolute atomic E-state index is 10.8. The van der Waals surface area contributed by atoms with Gasteiger partial charge >= 0.3 is 0 Å². The quantitative estimate of drug-likeness (QED) is 0.809. The summed E-state index contributed by atoms with van der Waals surface area (Å²) in [6.07, 6.45) is 0. The number of hydrogen-bond acceptors (Lipinski definition) is 4. The van der Waals surface area contributed by atoms with Crippen molar-refractivity contribution in [3.8, 4) is 0 Å². The number of thioether (sulfide) groups is 1. The molecule has 0 saturated carbocycles. The van der Waals surface area contributed by atoms with Crippen LogP contribution in [-0.4, -0.2) is 16.7 Å². The van der Waals surface area contributed by atoms with Crippen LogP contribution >= 0.6 is 34.7 Å². The number of hydrazone groups is 1. The summed E-state index contributed by atoms with van der Waals surface area (Å²) in [5, 5.41) is 3.84. The Labute approximate surface area is 88.2 Å². The van der Waals surface area contributed by atoms with Crippen molar-refractivity contribution in [3.05, 3.63) is 21.3 Å². The highest BCUT2D eigenvalue weighted by Gasteiger charge is 2.14. The minimum Gasteiger partial charge on any atom is -0.260 e. The fourth-order valence-electron chi connectivity index (χ4n) is 0.907. The van der Waals surface area contributed by atoms with Crippen LogP contribution in [0.1, 0.15) is 4.88 Å². The molecule has 0 bridgehead atoms. The molecule has 0 fully saturated rings. The number of nitrogens with zero attached hydrogens (tertiary/aromatic N) is 1. The van der Waals surface area contributed by atoms with E-state index in [1.54, 1.807) is 0 Å². The van der Waals surface area contributed by atoms with Gasteiger partial charge in [-0.05, 0) is 12.1 Å². The van der Waals surface area contributed by atoms with E-state index in [1.165, 1.54) is 23.1 Å². The number of amides is 1. The van der Waals surface area contributed by atoms with Gasteiger partial charge in [0.2, 0.25) is 0 Å². The van der Waals surface area contributed by atoms with Crippen molar-refractivity contribution >= 4 is 45.7 Å². The van der Waals surface area contributed by atoms with Crippen molar-refractivity contribution < 1.29 is 4.79 Å². The second-order valence-corrected chi connectivity index (χ2v) is 5.01. The molecule has 1 aliphatic rings. The predicted octanol–water partition coefficient (Wildman–Crippen LogP) is 2.56. The molecule has 2 rings (SSSR count). The molecule has 0 atom stereocenters. The fraction of sp³-hybridized carbons (Fsp3) is 0.143. The molecule has 1 N–H and O–H groups in total. The first-order chi connectivity index (χ1) is 6.25. The number of halogens is 1. The van der Waals surface area contributed by atoms with Crippen molar-refractivity contribution in [2.24, 2.45) is 5.10 Å². The SMILES string of the molecule is O=C1NN=C(c2ccc(Cl)s2)CS1. The van der Waals surface area contributed by atoms with Gasteiger partial charge in [0, 0.05) is 5.75 Å². The molecule has 1 aromatic heterocycles. The molecular formula is C7H5ClN2OS2. The minimum absolute atomic E-state index is 0.105. The predicted molar refractivity (Wildman–Crippen MR) is 56.9 cm³/mol. The molecule has 68 valence electrons. The Hall–Kier alpha value is -0.520. The Balaban J connectivity index is 2.22. The van der Waals surface area contributed by atoms with E-state index in [4.69, 9.17) is 11.6 Å². The lowest BCUT2D eigenvalue weighted by Crippen LogP contribution is -2.23. The molecule has 0 spiro atoms. The summed E-state index contributed by atoms with van der Waals surface area (Å²) >= 11 is 8.46. The lowest BCUT2D eigenvalue weighted by molar-refractivity contribution is 0.261. The number of carbonyl (C=O) groups excluding carboxylic acids is 1. The van der Waals surface area contributed by atoms with Crippen LogP contribution in [0.25, 0.3) is 0 Å². The van der Waals surface area contributed by atoms with Gasteiger partial charge in [-0.1, -0.05) is 23.4 Å². The molecule has 0 saturated heterocycles. The lowest BCUT2D eigenvalue weighted by Gasteiger charge is -2.08. The maximum atomic E-state index is 10.8. The smallest absolute Gasteiger partial charge is 0.260 e. The monoisotopic (exact) mass is 232 g/mol. The van der Waals surface area contributed by atoms with E-state index >= 15 is 0 Å². The van der Waals surface area contributed by atoms with E-state index < -0.39 is 0 Å².